The van der Waals surface area contributed by atoms with Gasteiger partial charge in [-0.15, -0.1) is 0 Å². The van der Waals surface area contributed by atoms with Gasteiger partial charge in [0.25, 0.3) is 0 Å². The van der Waals surface area contributed by atoms with E-state index in [1.54, 1.807) is 0 Å². The van der Waals surface area contributed by atoms with Crippen LogP contribution in [0.2, 0.25) is 0 Å². The third kappa shape index (κ3) is 3.67. The van der Waals surface area contributed by atoms with Crippen LogP contribution in [0.3, 0.4) is 0 Å². The molecule has 0 N–H and O–H groups in total. The molecule has 5 nitrogen and oxygen atoms in total. The highest BCUT2D eigenvalue weighted by atomic mass is 16.5. The van der Waals surface area contributed by atoms with Crippen molar-refractivity contribution < 1.29 is 9.53 Å². The Bertz CT molecular complexity index is 271. The first kappa shape index (κ1) is 13.8. The van der Waals surface area contributed by atoms with Gasteiger partial charge in [-0.1, -0.05) is 0 Å². The number of ether oxygens (including phenoxy) is 1. The minimum Gasteiger partial charge on any atom is -0.378 e. The van der Waals surface area contributed by atoms with Crippen LogP contribution in [0.25, 0.3) is 0 Å². The fourth-order valence-corrected chi connectivity index (χ4v) is 2.69. The number of nitrogens with zero attached hydrogens (tertiary/aromatic N) is 3. The van der Waals surface area contributed by atoms with Crippen LogP contribution in [0.4, 0.5) is 0 Å². The summed E-state index contributed by atoms with van der Waals surface area (Å²) in [5.74, 6) is 0.250. The summed E-state index contributed by atoms with van der Waals surface area (Å²) < 4.78 is 5.27. The van der Waals surface area contributed by atoms with E-state index in [1.165, 1.54) is 12.8 Å². The summed E-state index contributed by atoms with van der Waals surface area (Å²) in [6.07, 6.45) is 2.34. The fourth-order valence-electron chi connectivity index (χ4n) is 2.69. The standard InChI is InChI=1S/C13H25N3O2/c1-14-5-3-12(4-6-14)15(2)11-13(17)16-7-9-18-10-8-16/h12H,3-11H2,1-2H3. The smallest absolute Gasteiger partial charge is 0.236 e. The summed E-state index contributed by atoms with van der Waals surface area (Å²) in [6.45, 7) is 5.70. The summed E-state index contributed by atoms with van der Waals surface area (Å²) in [5, 5.41) is 0. The quantitative estimate of drug-likeness (QED) is 0.704. The molecule has 0 saturated carbocycles. The Kier molecular flexibility index (Phi) is 4.97. The number of hydrogen-bond donors (Lipinski definition) is 0. The Labute approximate surface area is 110 Å². The molecule has 0 aromatic carbocycles. The van der Waals surface area contributed by atoms with Crippen molar-refractivity contribution in [2.75, 3.05) is 60.0 Å². The van der Waals surface area contributed by atoms with E-state index in [9.17, 15) is 4.79 Å². The predicted octanol–water partition coefficient (Wildman–Crippen LogP) is -0.129. The van der Waals surface area contributed by atoms with Crippen molar-refractivity contribution in [1.82, 2.24) is 14.7 Å². The molecule has 2 aliphatic rings. The number of carbonyl (C=O) groups excluding carboxylic acids is 1. The number of hydrogen-bond acceptors (Lipinski definition) is 4. The van der Waals surface area contributed by atoms with Gasteiger partial charge in [-0.3, -0.25) is 9.69 Å². The molecule has 18 heavy (non-hydrogen) atoms. The molecule has 0 aromatic rings. The van der Waals surface area contributed by atoms with Crippen LogP contribution >= 0.6 is 0 Å². The second-order valence-corrected chi connectivity index (χ2v) is 5.44. The zero-order valence-corrected chi connectivity index (χ0v) is 11.6. The monoisotopic (exact) mass is 255 g/mol. The molecular formula is C13H25N3O2. The Balaban J connectivity index is 1.75. The zero-order chi connectivity index (χ0) is 13.0. The van der Waals surface area contributed by atoms with Gasteiger partial charge in [0.2, 0.25) is 5.91 Å². The summed E-state index contributed by atoms with van der Waals surface area (Å²) >= 11 is 0. The Morgan fingerprint density at radius 3 is 2.44 bits per heavy atom. The fraction of sp³-hybridized carbons (Fsp3) is 0.923. The van der Waals surface area contributed by atoms with Crippen molar-refractivity contribution in [2.24, 2.45) is 0 Å². The maximum atomic E-state index is 12.1. The molecular weight excluding hydrogens is 230 g/mol. The first-order valence-electron chi connectivity index (χ1n) is 6.91. The van der Waals surface area contributed by atoms with Gasteiger partial charge in [0, 0.05) is 19.1 Å². The third-order valence-corrected chi connectivity index (χ3v) is 4.06. The molecule has 2 saturated heterocycles. The van der Waals surface area contributed by atoms with Gasteiger partial charge in [-0.25, -0.2) is 0 Å². The summed E-state index contributed by atoms with van der Waals surface area (Å²) in [4.78, 5) is 18.6. The molecule has 104 valence electrons. The molecule has 2 rings (SSSR count). The zero-order valence-electron chi connectivity index (χ0n) is 11.6. The van der Waals surface area contributed by atoms with E-state index >= 15 is 0 Å². The van der Waals surface area contributed by atoms with Crippen LogP contribution in [0.15, 0.2) is 0 Å². The van der Waals surface area contributed by atoms with E-state index in [4.69, 9.17) is 4.74 Å². The average Bonchev–Trinajstić information content (AvgIpc) is 2.40. The van der Waals surface area contributed by atoms with Gasteiger partial charge in [0.15, 0.2) is 0 Å². The number of amides is 1. The van der Waals surface area contributed by atoms with Crippen molar-refractivity contribution in [3.8, 4) is 0 Å². The Hall–Kier alpha value is -0.650. The molecule has 0 spiro atoms. The van der Waals surface area contributed by atoms with Crippen LogP contribution in [-0.4, -0.2) is 86.7 Å². The number of likely N-dealkylation sites (N-methyl/N-ethyl adjacent to an activating group) is 1. The Morgan fingerprint density at radius 1 is 1.22 bits per heavy atom. The summed E-state index contributed by atoms with van der Waals surface area (Å²) in [6, 6.07) is 0.561. The minimum atomic E-state index is 0.250. The lowest BCUT2D eigenvalue weighted by Gasteiger charge is -2.36. The SMILES string of the molecule is CN1CCC(N(C)CC(=O)N2CCOCC2)CC1. The maximum absolute atomic E-state index is 12.1. The molecule has 2 heterocycles. The van der Waals surface area contributed by atoms with Crippen LogP contribution in [-0.2, 0) is 9.53 Å². The number of rotatable bonds is 3. The van der Waals surface area contributed by atoms with E-state index < -0.39 is 0 Å². The van der Waals surface area contributed by atoms with E-state index in [1.807, 2.05) is 4.90 Å². The van der Waals surface area contributed by atoms with Gasteiger partial charge < -0.3 is 14.5 Å². The van der Waals surface area contributed by atoms with Crippen molar-refractivity contribution in [1.29, 1.82) is 0 Å². The van der Waals surface area contributed by atoms with Gasteiger partial charge >= 0.3 is 0 Å². The lowest BCUT2D eigenvalue weighted by molar-refractivity contribution is -0.136. The second kappa shape index (κ2) is 6.50. The third-order valence-electron chi connectivity index (χ3n) is 4.06. The molecule has 2 fully saturated rings. The van der Waals surface area contributed by atoms with Crippen LogP contribution in [0, 0.1) is 0 Å². The number of likely N-dealkylation sites (tertiary alicyclic amines) is 1. The van der Waals surface area contributed by atoms with E-state index in [2.05, 4.69) is 23.9 Å². The maximum Gasteiger partial charge on any atom is 0.236 e. The van der Waals surface area contributed by atoms with Crippen molar-refractivity contribution in [3.63, 3.8) is 0 Å². The lowest BCUT2D eigenvalue weighted by Crippen LogP contribution is -2.49. The van der Waals surface area contributed by atoms with Crippen LogP contribution in [0.1, 0.15) is 12.8 Å². The summed E-state index contributed by atoms with van der Waals surface area (Å²) in [7, 11) is 4.24. The van der Waals surface area contributed by atoms with E-state index in [0.717, 1.165) is 26.2 Å². The molecule has 0 radical (unpaired) electrons. The number of carbonyl (C=O) groups is 1. The van der Waals surface area contributed by atoms with Crippen LogP contribution < -0.4 is 0 Å². The lowest BCUT2D eigenvalue weighted by atomic mass is 10.0. The van der Waals surface area contributed by atoms with E-state index in [-0.39, 0.29) is 5.91 Å². The molecule has 1 amide bonds. The van der Waals surface area contributed by atoms with Gasteiger partial charge in [0.05, 0.1) is 19.8 Å². The topological polar surface area (TPSA) is 36.0 Å². The summed E-state index contributed by atoms with van der Waals surface area (Å²) in [5.41, 5.74) is 0. The first-order chi connectivity index (χ1) is 8.66. The van der Waals surface area contributed by atoms with Gasteiger partial charge in [-0.2, -0.15) is 0 Å². The van der Waals surface area contributed by atoms with Crippen molar-refractivity contribution >= 4 is 5.91 Å². The molecule has 0 aliphatic carbocycles. The average molecular weight is 255 g/mol. The van der Waals surface area contributed by atoms with Crippen molar-refractivity contribution in [2.45, 2.75) is 18.9 Å². The molecule has 0 aromatic heterocycles. The Morgan fingerprint density at radius 2 is 1.83 bits per heavy atom. The second-order valence-electron chi connectivity index (χ2n) is 5.44. The molecule has 0 unspecified atom stereocenters. The molecule has 2 aliphatic heterocycles. The normalized spacial score (nSPS) is 23.6. The van der Waals surface area contributed by atoms with Crippen LogP contribution in [0.5, 0.6) is 0 Å². The van der Waals surface area contributed by atoms with Gasteiger partial charge in [0.1, 0.15) is 0 Å². The minimum absolute atomic E-state index is 0.250. The molecule has 0 bridgehead atoms. The van der Waals surface area contributed by atoms with Crippen molar-refractivity contribution in [3.05, 3.63) is 0 Å². The first-order valence-corrected chi connectivity index (χ1v) is 6.91. The molecule has 0 atom stereocenters. The molecule has 5 heteroatoms. The number of piperidine rings is 1. The van der Waals surface area contributed by atoms with E-state index in [0.29, 0.717) is 25.8 Å². The predicted molar refractivity (Wildman–Crippen MR) is 70.5 cm³/mol. The highest BCUT2D eigenvalue weighted by Gasteiger charge is 2.24. The highest BCUT2D eigenvalue weighted by Crippen LogP contribution is 2.14. The number of morpholine rings is 1. The highest BCUT2D eigenvalue weighted by molar-refractivity contribution is 5.78. The largest absolute Gasteiger partial charge is 0.378 e. The van der Waals surface area contributed by atoms with Gasteiger partial charge in [-0.05, 0) is 40.0 Å².